The van der Waals surface area contributed by atoms with Crippen LogP contribution in [0.25, 0.3) is 0 Å². The number of nitrogens with zero attached hydrogens (tertiary/aromatic N) is 2. The predicted octanol–water partition coefficient (Wildman–Crippen LogP) is 0.960. The van der Waals surface area contributed by atoms with E-state index in [1.54, 1.807) is 12.1 Å². The van der Waals surface area contributed by atoms with Gasteiger partial charge in [-0.15, -0.1) is 0 Å². The molecule has 0 bridgehead atoms. The van der Waals surface area contributed by atoms with Crippen molar-refractivity contribution in [3.05, 3.63) is 60.2 Å². The summed E-state index contributed by atoms with van der Waals surface area (Å²) >= 11 is 0. The quantitative estimate of drug-likeness (QED) is 0.819. The number of hydrogen-bond acceptors (Lipinski definition) is 4. The van der Waals surface area contributed by atoms with Crippen molar-refractivity contribution in [1.82, 2.24) is 9.97 Å². The Bertz CT molecular complexity index is 465. The summed E-state index contributed by atoms with van der Waals surface area (Å²) in [4.78, 5) is 28.0. The number of rotatable bonds is 2. The van der Waals surface area contributed by atoms with Crippen LogP contribution in [-0.2, 0) is 0 Å². The van der Waals surface area contributed by atoms with Gasteiger partial charge in [-0.2, -0.15) is 0 Å². The molecule has 2 heterocycles. The third kappa shape index (κ3) is 4.40. The first-order valence-electron chi connectivity index (χ1n) is 4.94. The van der Waals surface area contributed by atoms with Crippen molar-refractivity contribution in [3.63, 3.8) is 0 Å². The van der Waals surface area contributed by atoms with Crippen LogP contribution >= 0.6 is 0 Å². The summed E-state index contributed by atoms with van der Waals surface area (Å²) in [6.45, 7) is 0. The summed E-state index contributed by atoms with van der Waals surface area (Å²) in [5.74, 6) is -1.34. The van der Waals surface area contributed by atoms with Crippen molar-refractivity contribution in [1.29, 1.82) is 0 Å². The molecule has 0 saturated heterocycles. The van der Waals surface area contributed by atoms with Crippen LogP contribution in [0.3, 0.4) is 0 Å². The fourth-order valence-electron chi connectivity index (χ4n) is 1.01. The molecule has 0 spiro atoms. The molecule has 0 radical (unpaired) electrons. The van der Waals surface area contributed by atoms with Crippen molar-refractivity contribution in [3.8, 4) is 0 Å². The summed E-state index contributed by atoms with van der Waals surface area (Å²) in [6, 6.07) is 6.04. The Balaban J connectivity index is 0.000000180. The van der Waals surface area contributed by atoms with Gasteiger partial charge in [0.05, 0.1) is 5.56 Å². The molecule has 0 aromatic carbocycles. The van der Waals surface area contributed by atoms with Gasteiger partial charge in [0.2, 0.25) is 5.91 Å². The number of amides is 1. The van der Waals surface area contributed by atoms with E-state index in [1.165, 1.54) is 36.9 Å². The van der Waals surface area contributed by atoms with Crippen molar-refractivity contribution in [2.75, 3.05) is 0 Å². The first-order chi connectivity index (χ1) is 8.61. The maximum atomic E-state index is 10.4. The molecule has 6 nitrogen and oxygen atoms in total. The lowest BCUT2D eigenvalue weighted by molar-refractivity contribution is 0.0696. The second-order valence-corrected chi connectivity index (χ2v) is 3.14. The molecule has 0 saturated carbocycles. The van der Waals surface area contributed by atoms with Gasteiger partial charge in [-0.1, -0.05) is 0 Å². The van der Waals surface area contributed by atoms with Gasteiger partial charge in [0.1, 0.15) is 0 Å². The minimum absolute atomic E-state index is 0.269. The minimum atomic E-state index is -0.919. The normalized spacial score (nSPS) is 8.89. The zero-order chi connectivity index (χ0) is 13.4. The average molecular weight is 245 g/mol. The molecule has 0 aliphatic heterocycles. The van der Waals surface area contributed by atoms with Crippen LogP contribution in [0.5, 0.6) is 0 Å². The highest BCUT2D eigenvalue weighted by Gasteiger charge is 1.97. The number of carbonyl (C=O) groups is 2. The third-order valence-electron chi connectivity index (χ3n) is 1.89. The molecule has 18 heavy (non-hydrogen) atoms. The van der Waals surface area contributed by atoms with E-state index >= 15 is 0 Å². The lowest BCUT2D eigenvalue weighted by Crippen LogP contribution is -2.10. The average Bonchev–Trinajstić information content (AvgIpc) is 2.41. The second-order valence-electron chi connectivity index (χ2n) is 3.14. The summed E-state index contributed by atoms with van der Waals surface area (Å²) in [7, 11) is 0. The number of carbonyl (C=O) groups excluding carboxylic acids is 1. The standard InChI is InChI=1S/C6H6N2O.C6H5NO2/c7-6(9)5-1-3-8-4-2-5;8-6(9)5-1-3-7-4-2-5/h1-4H,(H2,7,9);1-4H,(H,8,9). The van der Waals surface area contributed by atoms with E-state index in [-0.39, 0.29) is 5.56 Å². The van der Waals surface area contributed by atoms with Gasteiger partial charge in [0.25, 0.3) is 0 Å². The van der Waals surface area contributed by atoms with Gasteiger partial charge < -0.3 is 10.8 Å². The highest BCUT2D eigenvalue weighted by molar-refractivity contribution is 5.92. The van der Waals surface area contributed by atoms with Crippen LogP contribution in [0, 0.1) is 0 Å². The van der Waals surface area contributed by atoms with Crippen LogP contribution in [0.4, 0.5) is 0 Å². The highest BCUT2D eigenvalue weighted by atomic mass is 16.4. The van der Waals surface area contributed by atoms with E-state index in [4.69, 9.17) is 10.8 Å². The monoisotopic (exact) mass is 245 g/mol. The Kier molecular flexibility index (Phi) is 4.98. The summed E-state index contributed by atoms with van der Waals surface area (Å²) in [6.07, 6.45) is 5.95. The van der Waals surface area contributed by atoms with Crippen LogP contribution in [0.2, 0.25) is 0 Å². The molecular formula is C12H11N3O3. The Labute approximate surface area is 103 Å². The van der Waals surface area contributed by atoms with Crippen molar-refractivity contribution in [2.45, 2.75) is 0 Å². The lowest BCUT2D eigenvalue weighted by atomic mass is 10.3. The number of nitrogens with two attached hydrogens (primary N) is 1. The number of pyridine rings is 2. The molecule has 2 aromatic rings. The van der Waals surface area contributed by atoms with Crippen LogP contribution in [-0.4, -0.2) is 27.0 Å². The summed E-state index contributed by atoms with van der Waals surface area (Å²) in [5, 5.41) is 8.36. The molecule has 0 unspecified atom stereocenters. The van der Waals surface area contributed by atoms with E-state index in [9.17, 15) is 9.59 Å². The first kappa shape index (κ1) is 13.3. The SMILES string of the molecule is NC(=O)c1ccncc1.O=C(O)c1ccncc1. The van der Waals surface area contributed by atoms with Crippen LogP contribution in [0.15, 0.2) is 49.1 Å². The second kappa shape index (κ2) is 6.74. The zero-order valence-electron chi connectivity index (χ0n) is 9.35. The van der Waals surface area contributed by atoms with Crippen LogP contribution in [0.1, 0.15) is 20.7 Å². The van der Waals surface area contributed by atoms with Gasteiger partial charge >= 0.3 is 5.97 Å². The molecule has 92 valence electrons. The van der Waals surface area contributed by atoms with E-state index in [0.717, 1.165) is 0 Å². The molecule has 3 N–H and O–H groups in total. The Morgan fingerprint density at radius 1 is 0.889 bits per heavy atom. The number of carboxylic acid groups (broad SMARTS) is 1. The molecule has 6 heteroatoms. The lowest BCUT2D eigenvalue weighted by Gasteiger charge is -1.88. The number of hydrogen-bond donors (Lipinski definition) is 2. The molecule has 0 atom stereocenters. The van der Waals surface area contributed by atoms with E-state index in [2.05, 4.69) is 9.97 Å². The maximum Gasteiger partial charge on any atom is 0.335 e. The predicted molar refractivity (Wildman–Crippen MR) is 64.0 cm³/mol. The number of aromatic nitrogens is 2. The van der Waals surface area contributed by atoms with Gasteiger partial charge in [-0.3, -0.25) is 14.8 Å². The summed E-state index contributed by atoms with van der Waals surface area (Å²) < 4.78 is 0. The molecule has 1 amide bonds. The highest BCUT2D eigenvalue weighted by Crippen LogP contribution is 1.93. The Morgan fingerprint density at radius 2 is 1.28 bits per heavy atom. The van der Waals surface area contributed by atoms with Gasteiger partial charge in [-0.05, 0) is 24.3 Å². The topological polar surface area (TPSA) is 106 Å². The number of aromatic carboxylic acids is 1. The number of primary amides is 1. The minimum Gasteiger partial charge on any atom is -0.478 e. The molecular weight excluding hydrogens is 234 g/mol. The maximum absolute atomic E-state index is 10.4. The van der Waals surface area contributed by atoms with Crippen molar-refractivity contribution in [2.24, 2.45) is 5.73 Å². The van der Waals surface area contributed by atoms with Gasteiger partial charge in [0, 0.05) is 30.4 Å². The molecule has 0 aliphatic rings. The van der Waals surface area contributed by atoms with E-state index < -0.39 is 11.9 Å². The Hall–Kier alpha value is -2.76. The smallest absolute Gasteiger partial charge is 0.335 e. The largest absolute Gasteiger partial charge is 0.478 e. The Morgan fingerprint density at radius 3 is 1.50 bits per heavy atom. The molecule has 2 aromatic heterocycles. The van der Waals surface area contributed by atoms with Gasteiger partial charge in [0.15, 0.2) is 0 Å². The molecule has 0 aliphatic carbocycles. The first-order valence-corrected chi connectivity index (χ1v) is 4.94. The van der Waals surface area contributed by atoms with E-state index in [1.807, 2.05) is 0 Å². The molecule has 0 fully saturated rings. The van der Waals surface area contributed by atoms with Crippen molar-refractivity contribution >= 4 is 11.9 Å². The van der Waals surface area contributed by atoms with Crippen LogP contribution < -0.4 is 5.73 Å². The third-order valence-corrected chi connectivity index (χ3v) is 1.89. The van der Waals surface area contributed by atoms with E-state index in [0.29, 0.717) is 5.56 Å². The zero-order valence-corrected chi connectivity index (χ0v) is 9.35. The van der Waals surface area contributed by atoms with Gasteiger partial charge in [-0.25, -0.2) is 4.79 Å². The number of carboxylic acids is 1. The summed E-state index contributed by atoms with van der Waals surface area (Å²) in [5.41, 5.74) is 5.71. The fraction of sp³-hybridized carbons (Fsp3) is 0. The fourth-order valence-corrected chi connectivity index (χ4v) is 1.01. The van der Waals surface area contributed by atoms with Crippen molar-refractivity contribution < 1.29 is 14.7 Å². The molecule has 2 rings (SSSR count).